The van der Waals surface area contributed by atoms with E-state index in [-0.39, 0.29) is 5.91 Å². The number of hydrogen-bond acceptors (Lipinski definition) is 2. The molecule has 0 aromatic heterocycles. The molecule has 1 aromatic rings. The smallest absolute Gasteiger partial charge is 0.238 e. The van der Waals surface area contributed by atoms with Gasteiger partial charge in [0.25, 0.3) is 0 Å². The summed E-state index contributed by atoms with van der Waals surface area (Å²) < 4.78 is 0.899. The Kier molecular flexibility index (Phi) is 4.34. The van der Waals surface area contributed by atoms with E-state index in [2.05, 4.69) is 38.7 Å². The van der Waals surface area contributed by atoms with Crippen molar-refractivity contribution < 1.29 is 4.79 Å². The number of para-hydroxylation sites is 1. The van der Waals surface area contributed by atoms with Gasteiger partial charge in [0.15, 0.2) is 0 Å². The topological polar surface area (TPSA) is 41.1 Å². The predicted molar refractivity (Wildman–Crippen MR) is 72.9 cm³/mol. The van der Waals surface area contributed by atoms with Gasteiger partial charge in [-0.15, -0.1) is 0 Å². The predicted octanol–water partition coefficient (Wildman–Crippen LogP) is 2.70. The molecule has 0 saturated carbocycles. The lowest BCUT2D eigenvalue weighted by Gasteiger charge is -2.12. The van der Waals surface area contributed by atoms with E-state index >= 15 is 0 Å². The van der Waals surface area contributed by atoms with Gasteiger partial charge in [0.05, 0.1) is 12.2 Å². The molecule has 0 atom stereocenters. The fraction of sp³-hybridized carbons (Fsp3) is 0.308. The summed E-state index contributed by atoms with van der Waals surface area (Å²) in [5, 5.41) is 6.10. The Labute approximate surface area is 109 Å². The van der Waals surface area contributed by atoms with E-state index in [1.54, 1.807) is 0 Å². The van der Waals surface area contributed by atoms with Crippen LogP contribution in [0.15, 0.2) is 40.9 Å². The van der Waals surface area contributed by atoms with Crippen LogP contribution < -0.4 is 10.6 Å². The summed E-state index contributed by atoms with van der Waals surface area (Å²) >= 11 is 3.40. The average molecular weight is 295 g/mol. The molecular formula is C13H15BrN2O. The van der Waals surface area contributed by atoms with Crippen molar-refractivity contribution in [2.45, 2.75) is 18.9 Å². The first-order valence-electron chi connectivity index (χ1n) is 5.68. The number of hydrogen-bond donors (Lipinski definition) is 2. The van der Waals surface area contributed by atoms with Gasteiger partial charge in [-0.05, 0) is 40.9 Å². The molecule has 0 radical (unpaired) electrons. The highest BCUT2D eigenvalue weighted by atomic mass is 79.9. The highest BCUT2D eigenvalue weighted by Crippen LogP contribution is 2.20. The van der Waals surface area contributed by atoms with Crippen LogP contribution in [0.25, 0.3) is 0 Å². The van der Waals surface area contributed by atoms with E-state index in [1.807, 2.05) is 24.3 Å². The monoisotopic (exact) mass is 294 g/mol. The van der Waals surface area contributed by atoms with Crippen LogP contribution in [-0.4, -0.2) is 18.5 Å². The van der Waals surface area contributed by atoms with Crippen molar-refractivity contribution in [3.63, 3.8) is 0 Å². The summed E-state index contributed by atoms with van der Waals surface area (Å²) in [7, 11) is 0. The average Bonchev–Trinajstić information content (AvgIpc) is 2.82. The number of anilines is 1. The zero-order chi connectivity index (χ0) is 12.1. The third-order valence-electron chi connectivity index (χ3n) is 2.71. The van der Waals surface area contributed by atoms with Gasteiger partial charge in [-0.3, -0.25) is 4.79 Å². The van der Waals surface area contributed by atoms with Crippen molar-refractivity contribution in [2.24, 2.45) is 0 Å². The van der Waals surface area contributed by atoms with Gasteiger partial charge in [-0.2, -0.15) is 0 Å². The first-order chi connectivity index (χ1) is 8.25. The molecule has 3 nitrogen and oxygen atoms in total. The maximum absolute atomic E-state index is 11.7. The van der Waals surface area contributed by atoms with Crippen molar-refractivity contribution in [3.8, 4) is 0 Å². The molecule has 0 bridgehead atoms. The number of benzene rings is 1. The molecule has 0 aliphatic heterocycles. The first-order valence-corrected chi connectivity index (χ1v) is 6.48. The largest absolute Gasteiger partial charge is 0.324 e. The first kappa shape index (κ1) is 12.3. The maximum Gasteiger partial charge on any atom is 0.238 e. The van der Waals surface area contributed by atoms with Crippen molar-refractivity contribution in [2.75, 3.05) is 11.9 Å². The molecular weight excluding hydrogens is 280 g/mol. The second-order valence-corrected chi connectivity index (χ2v) is 4.90. The molecule has 0 fully saturated rings. The number of carbonyl (C=O) groups excluding carboxylic acids is 1. The van der Waals surface area contributed by atoms with E-state index in [0.717, 1.165) is 23.0 Å². The van der Waals surface area contributed by atoms with Gasteiger partial charge in [-0.1, -0.05) is 24.3 Å². The Balaban J connectivity index is 1.79. The fourth-order valence-electron chi connectivity index (χ4n) is 1.78. The minimum Gasteiger partial charge on any atom is -0.324 e. The van der Waals surface area contributed by atoms with Crippen LogP contribution in [0.3, 0.4) is 0 Å². The van der Waals surface area contributed by atoms with Gasteiger partial charge < -0.3 is 10.6 Å². The number of halogens is 1. The van der Waals surface area contributed by atoms with Crippen LogP contribution in [0.5, 0.6) is 0 Å². The van der Waals surface area contributed by atoms with Crippen LogP contribution in [0, 0.1) is 0 Å². The third-order valence-corrected chi connectivity index (χ3v) is 3.40. The van der Waals surface area contributed by atoms with Crippen LogP contribution in [0.4, 0.5) is 5.69 Å². The number of amides is 1. The molecule has 0 saturated heterocycles. The van der Waals surface area contributed by atoms with Gasteiger partial charge in [-0.25, -0.2) is 0 Å². The quantitative estimate of drug-likeness (QED) is 0.839. The number of rotatable bonds is 4. The molecule has 2 rings (SSSR count). The van der Waals surface area contributed by atoms with E-state index in [0.29, 0.717) is 12.6 Å². The molecule has 2 N–H and O–H groups in total. The zero-order valence-electron chi connectivity index (χ0n) is 9.45. The van der Waals surface area contributed by atoms with Crippen LogP contribution >= 0.6 is 15.9 Å². The van der Waals surface area contributed by atoms with Gasteiger partial charge in [0.2, 0.25) is 5.91 Å². The van der Waals surface area contributed by atoms with Crippen LogP contribution in [-0.2, 0) is 4.79 Å². The summed E-state index contributed by atoms with van der Waals surface area (Å²) in [5.41, 5.74) is 0.809. The molecule has 1 aromatic carbocycles. The summed E-state index contributed by atoms with van der Waals surface area (Å²) in [6.45, 7) is 0.355. The highest BCUT2D eigenvalue weighted by molar-refractivity contribution is 9.10. The van der Waals surface area contributed by atoms with Crippen molar-refractivity contribution >= 4 is 27.5 Å². The number of carbonyl (C=O) groups is 1. The molecule has 90 valence electrons. The minimum absolute atomic E-state index is 0.0104. The standard InChI is InChI=1S/C13H15BrN2O/c14-11-7-3-4-8-12(11)16-13(17)9-15-10-5-1-2-6-10/h1-4,7-8,10,15H,5-6,9H2,(H,16,17). The lowest BCUT2D eigenvalue weighted by atomic mass is 10.2. The van der Waals surface area contributed by atoms with Gasteiger partial charge >= 0.3 is 0 Å². The van der Waals surface area contributed by atoms with Crippen molar-refractivity contribution in [1.82, 2.24) is 5.32 Å². The Morgan fingerprint density at radius 3 is 2.71 bits per heavy atom. The lowest BCUT2D eigenvalue weighted by molar-refractivity contribution is -0.115. The third kappa shape index (κ3) is 3.68. The van der Waals surface area contributed by atoms with E-state index < -0.39 is 0 Å². The Hall–Kier alpha value is -1.13. The van der Waals surface area contributed by atoms with Crippen molar-refractivity contribution in [1.29, 1.82) is 0 Å². The molecule has 4 heteroatoms. The fourth-order valence-corrected chi connectivity index (χ4v) is 2.16. The summed E-state index contributed by atoms with van der Waals surface area (Å²) in [6, 6.07) is 8.01. The molecule has 0 spiro atoms. The van der Waals surface area contributed by atoms with Gasteiger partial charge in [0, 0.05) is 10.5 Å². The minimum atomic E-state index is -0.0104. The summed E-state index contributed by atoms with van der Waals surface area (Å²) in [6.07, 6.45) is 6.32. The maximum atomic E-state index is 11.7. The van der Waals surface area contributed by atoms with Crippen LogP contribution in [0.1, 0.15) is 12.8 Å². The summed E-state index contributed by atoms with van der Waals surface area (Å²) in [4.78, 5) is 11.7. The van der Waals surface area contributed by atoms with Crippen molar-refractivity contribution in [3.05, 3.63) is 40.9 Å². The summed E-state index contributed by atoms with van der Waals surface area (Å²) in [5.74, 6) is -0.0104. The van der Waals surface area contributed by atoms with E-state index in [4.69, 9.17) is 0 Å². The number of nitrogens with one attached hydrogen (secondary N) is 2. The van der Waals surface area contributed by atoms with Gasteiger partial charge in [0.1, 0.15) is 0 Å². The molecule has 17 heavy (non-hydrogen) atoms. The molecule has 0 heterocycles. The molecule has 1 aliphatic carbocycles. The van der Waals surface area contributed by atoms with Crippen LogP contribution in [0.2, 0.25) is 0 Å². The second-order valence-electron chi connectivity index (χ2n) is 4.05. The normalized spacial score (nSPS) is 15.1. The zero-order valence-corrected chi connectivity index (χ0v) is 11.0. The molecule has 0 unspecified atom stereocenters. The Morgan fingerprint density at radius 2 is 2.00 bits per heavy atom. The lowest BCUT2D eigenvalue weighted by Crippen LogP contribution is -2.34. The second kappa shape index (κ2) is 5.98. The van der Waals surface area contributed by atoms with E-state index in [9.17, 15) is 4.79 Å². The molecule has 1 aliphatic rings. The van der Waals surface area contributed by atoms with E-state index in [1.165, 1.54) is 0 Å². The molecule has 1 amide bonds. The highest BCUT2D eigenvalue weighted by Gasteiger charge is 2.11. The Morgan fingerprint density at radius 1 is 1.29 bits per heavy atom. The SMILES string of the molecule is O=C(CNC1CC=CC1)Nc1ccccc1Br. The Bertz CT molecular complexity index is 423.